The number of benzene rings is 1. The van der Waals surface area contributed by atoms with Crippen LogP contribution in [0.25, 0.3) is 22.4 Å². The number of aromatic nitrogens is 6. The van der Waals surface area contributed by atoms with E-state index < -0.39 is 12.1 Å². The lowest BCUT2D eigenvalue weighted by atomic mass is 10.1. The van der Waals surface area contributed by atoms with Crippen LogP contribution in [0.4, 0.5) is 13.2 Å². The molecule has 4 aromatic rings. The zero-order valence-corrected chi connectivity index (χ0v) is 14.7. The van der Waals surface area contributed by atoms with Crippen LogP contribution in [-0.2, 0) is 19.8 Å². The topological polar surface area (TPSA) is 91.6 Å². The molecule has 0 spiro atoms. The molecule has 0 bridgehead atoms. The van der Waals surface area contributed by atoms with E-state index >= 15 is 0 Å². The molecule has 3 aromatic heterocycles. The van der Waals surface area contributed by atoms with Crippen molar-refractivity contribution in [1.82, 2.24) is 29.5 Å². The van der Waals surface area contributed by atoms with Crippen molar-refractivity contribution in [3.63, 3.8) is 0 Å². The highest BCUT2D eigenvalue weighted by Crippen LogP contribution is 2.29. The van der Waals surface area contributed by atoms with E-state index in [0.717, 1.165) is 5.56 Å². The van der Waals surface area contributed by atoms with E-state index in [9.17, 15) is 18.0 Å². The molecule has 4 rings (SSSR count). The molecule has 8 nitrogen and oxygen atoms in total. The van der Waals surface area contributed by atoms with Crippen molar-refractivity contribution in [2.45, 2.75) is 19.6 Å². The maximum absolute atomic E-state index is 12.7. The van der Waals surface area contributed by atoms with Gasteiger partial charge >= 0.3 is 12.1 Å². The van der Waals surface area contributed by atoms with Gasteiger partial charge in [-0.3, -0.25) is 14.0 Å². The Hall–Kier alpha value is -3.50. The maximum atomic E-state index is 12.7. The first-order chi connectivity index (χ1) is 13.2. The monoisotopic (exact) mass is 390 g/mol. The van der Waals surface area contributed by atoms with Gasteiger partial charge in [-0.2, -0.15) is 23.3 Å². The summed E-state index contributed by atoms with van der Waals surface area (Å²) in [5, 5.41) is 7.81. The average molecular weight is 390 g/mol. The van der Waals surface area contributed by atoms with Crippen LogP contribution >= 0.6 is 0 Å². The summed E-state index contributed by atoms with van der Waals surface area (Å²) in [5.41, 5.74) is 1.42. The van der Waals surface area contributed by atoms with Gasteiger partial charge in [0.15, 0.2) is 5.65 Å². The summed E-state index contributed by atoms with van der Waals surface area (Å²) in [6.07, 6.45) is -3.22. The molecule has 0 unspecified atom stereocenters. The van der Waals surface area contributed by atoms with E-state index in [1.54, 1.807) is 38.2 Å². The van der Waals surface area contributed by atoms with Gasteiger partial charge in [0.2, 0.25) is 5.82 Å². The average Bonchev–Trinajstić information content (AvgIpc) is 3.27. The number of hydrogen-bond acceptors (Lipinski definition) is 6. The van der Waals surface area contributed by atoms with Crippen molar-refractivity contribution in [3.8, 4) is 11.4 Å². The van der Waals surface area contributed by atoms with E-state index in [-0.39, 0.29) is 17.9 Å². The molecule has 28 heavy (non-hydrogen) atoms. The first-order valence-corrected chi connectivity index (χ1v) is 8.13. The van der Waals surface area contributed by atoms with E-state index in [1.165, 1.54) is 15.4 Å². The van der Waals surface area contributed by atoms with E-state index in [2.05, 4.69) is 24.7 Å². The highest BCUT2D eigenvalue weighted by atomic mass is 19.4. The molecule has 0 saturated carbocycles. The zero-order valence-electron chi connectivity index (χ0n) is 14.7. The molecule has 0 N–H and O–H groups in total. The lowest BCUT2D eigenvalue weighted by molar-refractivity contribution is -0.159. The molecule has 1 aromatic carbocycles. The fourth-order valence-electron chi connectivity index (χ4n) is 2.80. The lowest BCUT2D eigenvalue weighted by Crippen LogP contribution is -2.24. The molecule has 11 heteroatoms. The van der Waals surface area contributed by atoms with Crippen LogP contribution in [0.15, 0.2) is 39.8 Å². The Kier molecular flexibility index (Phi) is 4.02. The third-order valence-corrected chi connectivity index (χ3v) is 4.26. The van der Waals surface area contributed by atoms with Crippen molar-refractivity contribution in [2.75, 3.05) is 0 Å². The van der Waals surface area contributed by atoms with Gasteiger partial charge in [-0.1, -0.05) is 29.4 Å². The van der Waals surface area contributed by atoms with Crippen molar-refractivity contribution >= 4 is 11.0 Å². The standard InChI is InChI=1S/C17H13F3N6O2/c1-9-22-14-12(7-21-25(14)2)15(27)26(9)8-10-3-5-11(6-4-10)13-23-16(28-24-13)17(18,19)20/h3-7H,8H2,1-2H3. The Morgan fingerprint density at radius 3 is 2.50 bits per heavy atom. The van der Waals surface area contributed by atoms with Crippen LogP contribution in [0, 0.1) is 6.92 Å². The first-order valence-electron chi connectivity index (χ1n) is 8.13. The van der Waals surface area contributed by atoms with Crippen LogP contribution < -0.4 is 5.56 Å². The molecular weight excluding hydrogens is 377 g/mol. The van der Waals surface area contributed by atoms with Crippen molar-refractivity contribution in [2.24, 2.45) is 7.05 Å². The van der Waals surface area contributed by atoms with Crippen LogP contribution in [0.1, 0.15) is 17.3 Å². The highest BCUT2D eigenvalue weighted by Gasteiger charge is 2.38. The fourth-order valence-corrected chi connectivity index (χ4v) is 2.80. The van der Waals surface area contributed by atoms with Crippen LogP contribution in [0.3, 0.4) is 0 Å². The van der Waals surface area contributed by atoms with Crippen LogP contribution in [0.2, 0.25) is 0 Å². The second-order valence-electron chi connectivity index (χ2n) is 6.17. The summed E-state index contributed by atoms with van der Waals surface area (Å²) in [7, 11) is 1.71. The quantitative estimate of drug-likeness (QED) is 0.534. The van der Waals surface area contributed by atoms with Crippen molar-refractivity contribution < 1.29 is 17.7 Å². The molecule has 0 radical (unpaired) electrons. The largest absolute Gasteiger partial charge is 0.471 e. The Bertz CT molecular complexity index is 1220. The van der Waals surface area contributed by atoms with Crippen molar-refractivity contribution in [1.29, 1.82) is 0 Å². The molecular formula is C17H13F3N6O2. The highest BCUT2D eigenvalue weighted by molar-refractivity contribution is 5.73. The van der Waals surface area contributed by atoms with Crippen LogP contribution in [0.5, 0.6) is 0 Å². The van der Waals surface area contributed by atoms with Crippen LogP contribution in [-0.4, -0.2) is 29.5 Å². The number of alkyl halides is 3. The lowest BCUT2D eigenvalue weighted by Gasteiger charge is -2.10. The third-order valence-electron chi connectivity index (χ3n) is 4.26. The summed E-state index contributed by atoms with van der Waals surface area (Å²) in [6.45, 7) is 1.98. The number of halogens is 3. The normalized spacial score (nSPS) is 12.0. The minimum atomic E-state index is -4.69. The van der Waals surface area contributed by atoms with Gasteiger partial charge in [-0.15, -0.1) is 0 Å². The molecule has 0 aliphatic heterocycles. The predicted molar refractivity (Wildman–Crippen MR) is 91.3 cm³/mol. The summed E-state index contributed by atoms with van der Waals surface area (Å²) in [4.78, 5) is 20.4. The van der Waals surface area contributed by atoms with E-state index in [0.29, 0.717) is 22.4 Å². The summed E-state index contributed by atoms with van der Waals surface area (Å²) in [5.74, 6) is -1.03. The molecule has 3 heterocycles. The van der Waals surface area contributed by atoms with Gasteiger partial charge in [-0.05, 0) is 12.5 Å². The summed E-state index contributed by atoms with van der Waals surface area (Å²) in [6, 6.07) is 6.49. The Morgan fingerprint density at radius 2 is 1.86 bits per heavy atom. The third kappa shape index (κ3) is 3.04. The SMILES string of the molecule is Cc1nc2c(cnn2C)c(=O)n1Cc1ccc(-c2noc(C(F)(F)F)n2)cc1. The Morgan fingerprint density at radius 1 is 1.14 bits per heavy atom. The van der Waals surface area contributed by atoms with Gasteiger partial charge in [0.1, 0.15) is 11.2 Å². The molecule has 144 valence electrons. The van der Waals surface area contributed by atoms with E-state index in [1.807, 2.05) is 0 Å². The molecule has 0 atom stereocenters. The number of aryl methyl sites for hydroxylation is 2. The molecule has 0 aliphatic carbocycles. The van der Waals surface area contributed by atoms with Crippen molar-refractivity contribution in [3.05, 3.63) is 58.1 Å². The smallest absolute Gasteiger partial charge is 0.329 e. The second kappa shape index (κ2) is 6.29. The molecule has 0 aliphatic rings. The number of rotatable bonds is 3. The minimum absolute atomic E-state index is 0.161. The summed E-state index contributed by atoms with van der Waals surface area (Å²) >= 11 is 0. The number of nitrogens with zero attached hydrogens (tertiary/aromatic N) is 6. The molecule has 0 fully saturated rings. The Balaban J connectivity index is 1.63. The van der Waals surface area contributed by atoms with Gasteiger partial charge in [0.05, 0.1) is 12.7 Å². The molecule has 0 amide bonds. The van der Waals surface area contributed by atoms with Gasteiger partial charge in [0.25, 0.3) is 5.56 Å². The van der Waals surface area contributed by atoms with Gasteiger partial charge < -0.3 is 4.52 Å². The summed E-state index contributed by atoms with van der Waals surface area (Å²) < 4.78 is 45.0. The minimum Gasteiger partial charge on any atom is -0.329 e. The Labute approximate surface area is 155 Å². The molecule has 0 saturated heterocycles. The number of hydrogen-bond donors (Lipinski definition) is 0. The first kappa shape index (κ1) is 17.9. The number of fused-ring (bicyclic) bond motifs is 1. The zero-order chi connectivity index (χ0) is 20.1. The predicted octanol–water partition coefficient (Wildman–Crippen LogP) is 2.56. The van der Waals surface area contributed by atoms with Gasteiger partial charge in [-0.25, -0.2) is 4.98 Å². The maximum Gasteiger partial charge on any atom is 0.471 e. The fraction of sp³-hybridized carbons (Fsp3) is 0.235. The van der Waals surface area contributed by atoms with Gasteiger partial charge in [0, 0.05) is 12.6 Å². The second-order valence-corrected chi connectivity index (χ2v) is 6.17. The van der Waals surface area contributed by atoms with E-state index in [4.69, 9.17) is 0 Å².